The van der Waals surface area contributed by atoms with Crippen LogP contribution in [0.2, 0.25) is 0 Å². The van der Waals surface area contributed by atoms with Crippen LogP contribution in [0.5, 0.6) is 0 Å². The van der Waals surface area contributed by atoms with Crippen LogP contribution in [0.25, 0.3) is 0 Å². The lowest BCUT2D eigenvalue weighted by Gasteiger charge is -2.30. The van der Waals surface area contributed by atoms with E-state index >= 15 is 0 Å². The van der Waals surface area contributed by atoms with Gasteiger partial charge in [-0.2, -0.15) is 11.8 Å². The Morgan fingerprint density at radius 3 is 1.94 bits per heavy atom. The molecular weight excluding hydrogens is 220 g/mol. The Morgan fingerprint density at radius 1 is 1.12 bits per heavy atom. The van der Waals surface area contributed by atoms with Crippen LogP contribution in [0.1, 0.15) is 41.5 Å². The molecule has 0 aromatic heterocycles. The lowest BCUT2D eigenvalue weighted by atomic mass is 10.1. The molecule has 3 nitrogen and oxygen atoms in total. The molecule has 16 heavy (non-hydrogen) atoms. The van der Waals surface area contributed by atoms with Crippen molar-refractivity contribution >= 4 is 17.7 Å². The molecule has 0 aliphatic rings. The van der Waals surface area contributed by atoms with E-state index in [-0.39, 0.29) is 23.0 Å². The summed E-state index contributed by atoms with van der Waals surface area (Å²) in [6, 6.07) is -0.130. The van der Waals surface area contributed by atoms with Crippen LogP contribution in [0.15, 0.2) is 0 Å². The van der Waals surface area contributed by atoms with E-state index in [1.165, 1.54) is 0 Å². The summed E-state index contributed by atoms with van der Waals surface area (Å²) in [5.41, 5.74) is -0.219. The van der Waals surface area contributed by atoms with Gasteiger partial charge in [-0.15, -0.1) is 0 Å². The van der Waals surface area contributed by atoms with Crippen molar-refractivity contribution in [3.63, 3.8) is 0 Å². The Morgan fingerprint density at radius 2 is 1.62 bits per heavy atom. The van der Waals surface area contributed by atoms with Crippen LogP contribution in [0, 0.1) is 0 Å². The summed E-state index contributed by atoms with van der Waals surface area (Å²) in [5, 5.41) is 6.36. The molecule has 0 aliphatic heterocycles. The molecule has 0 spiro atoms. The number of carbonyl (C=O) groups is 1. The SMILES string of the molecule is CSCC(NC(C)(C)C)C(=O)NC(C)(C)C. The van der Waals surface area contributed by atoms with Gasteiger partial charge in [0.05, 0.1) is 6.04 Å². The normalized spacial score (nSPS) is 14.7. The van der Waals surface area contributed by atoms with E-state index in [1.807, 2.05) is 27.0 Å². The first-order chi connectivity index (χ1) is 7.05. The number of thioether (sulfide) groups is 1. The smallest absolute Gasteiger partial charge is 0.238 e. The van der Waals surface area contributed by atoms with Gasteiger partial charge in [-0.3, -0.25) is 4.79 Å². The Kier molecular flexibility index (Phi) is 5.84. The lowest BCUT2D eigenvalue weighted by Crippen LogP contribution is -2.56. The molecule has 0 aromatic carbocycles. The van der Waals surface area contributed by atoms with Gasteiger partial charge in [0.15, 0.2) is 0 Å². The van der Waals surface area contributed by atoms with Crippen molar-refractivity contribution in [1.82, 2.24) is 10.6 Å². The number of carbonyl (C=O) groups excluding carboxylic acids is 1. The molecule has 0 aliphatic carbocycles. The van der Waals surface area contributed by atoms with Crippen molar-refractivity contribution < 1.29 is 4.79 Å². The third-order valence-electron chi connectivity index (χ3n) is 1.76. The molecule has 1 atom stereocenters. The zero-order valence-electron chi connectivity index (χ0n) is 11.6. The van der Waals surface area contributed by atoms with Gasteiger partial charge in [-0.1, -0.05) is 0 Å². The summed E-state index contributed by atoms with van der Waals surface area (Å²) in [7, 11) is 0. The molecule has 0 rings (SSSR count). The fraction of sp³-hybridized carbons (Fsp3) is 0.917. The standard InChI is InChI=1S/C12H26N2OS/c1-11(2,3)13-9(8-16-7)10(15)14-12(4,5)6/h9,13H,8H2,1-7H3,(H,14,15). The number of nitrogens with one attached hydrogen (secondary N) is 2. The first-order valence-corrected chi connectivity index (χ1v) is 7.03. The Bertz CT molecular complexity index is 228. The van der Waals surface area contributed by atoms with Gasteiger partial charge < -0.3 is 10.6 Å². The average Bonchev–Trinajstić information content (AvgIpc) is 1.97. The van der Waals surface area contributed by atoms with Crippen molar-refractivity contribution in [1.29, 1.82) is 0 Å². The fourth-order valence-corrected chi connectivity index (χ4v) is 1.90. The van der Waals surface area contributed by atoms with Crippen LogP contribution in [0.4, 0.5) is 0 Å². The van der Waals surface area contributed by atoms with Gasteiger partial charge in [0.1, 0.15) is 0 Å². The van der Waals surface area contributed by atoms with Crippen molar-refractivity contribution in [2.45, 2.75) is 58.7 Å². The highest BCUT2D eigenvalue weighted by atomic mass is 32.2. The maximum atomic E-state index is 12.0. The van der Waals surface area contributed by atoms with E-state index in [9.17, 15) is 4.79 Å². The third kappa shape index (κ3) is 7.99. The van der Waals surface area contributed by atoms with E-state index < -0.39 is 0 Å². The lowest BCUT2D eigenvalue weighted by molar-refractivity contribution is -0.124. The van der Waals surface area contributed by atoms with Crippen LogP contribution >= 0.6 is 11.8 Å². The van der Waals surface area contributed by atoms with Gasteiger partial charge in [-0.05, 0) is 47.8 Å². The highest BCUT2D eigenvalue weighted by Crippen LogP contribution is 2.07. The minimum Gasteiger partial charge on any atom is -0.350 e. The molecule has 0 fully saturated rings. The number of hydrogen-bond acceptors (Lipinski definition) is 3. The molecule has 1 amide bonds. The number of rotatable bonds is 4. The molecule has 1 unspecified atom stereocenters. The van der Waals surface area contributed by atoms with E-state index in [0.29, 0.717) is 0 Å². The van der Waals surface area contributed by atoms with E-state index in [4.69, 9.17) is 0 Å². The Labute approximate surface area is 104 Å². The maximum Gasteiger partial charge on any atom is 0.238 e. The highest BCUT2D eigenvalue weighted by Gasteiger charge is 2.25. The molecule has 0 saturated heterocycles. The minimum atomic E-state index is -0.173. The van der Waals surface area contributed by atoms with Crippen molar-refractivity contribution in [3.8, 4) is 0 Å². The fourth-order valence-electron chi connectivity index (χ4n) is 1.33. The molecule has 0 heterocycles. The summed E-state index contributed by atoms with van der Waals surface area (Å²) in [6.45, 7) is 12.2. The third-order valence-corrected chi connectivity index (χ3v) is 2.42. The first-order valence-electron chi connectivity index (χ1n) is 5.64. The second-order valence-electron chi connectivity index (χ2n) is 6.14. The second-order valence-corrected chi connectivity index (χ2v) is 7.05. The molecular formula is C12H26N2OS. The number of amides is 1. The molecule has 2 N–H and O–H groups in total. The summed E-state index contributed by atoms with van der Waals surface area (Å²) >= 11 is 1.68. The zero-order chi connectivity index (χ0) is 13.0. The van der Waals surface area contributed by atoms with Gasteiger partial charge in [0.2, 0.25) is 5.91 Å². The average molecular weight is 246 g/mol. The summed E-state index contributed by atoms with van der Waals surface area (Å²) in [5.74, 6) is 0.871. The molecule has 4 heteroatoms. The van der Waals surface area contributed by atoms with Gasteiger partial charge in [0, 0.05) is 16.8 Å². The van der Waals surface area contributed by atoms with Crippen molar-refractivity contribution in [3.05, 3.63) is 0 Å². The first kappa shape index (κ1) is 15.8. The molecule has 0 saturated carbocycles. The summed E-state index contributed by atoms with van der Waals surface area (Å²) in [4.78, 5) is 12.0. The van der Waals surface area contributed by atoms with Crippen LogP contribution in [-0.2, 0) is 4.79 Å². The summed E-state index contributed by atoms with van der Waals surface area (Å²) < 4.78 is 0. The topological polar surface area (TPSA) is 41.1 Å². The number of hydrogen-bond donors (Lipinski definition) is 2. The van der Waals surface area contributed by atoms with Crippen LogP contribution in [0.3, 0.4) is 0 Å². The van der Waals surface area contributed by atoms with Gasteiger partial charge in [-0.25, -0.2) is 0 Å². The van der Waals surface area contributed by atoms with E-state index in [2.05, 4.69) is 31.4 Å². The molecule has 0 bridgehead atoms. The van der Waals surface area contributed by atoms with E-state index in [1.54, 1.807) is 11.8 Å². The molecule has 0 radical (unpaired) electrons. The predicted octanol–water partition coefficient (Wildman–Crippen LogP) is 2.02. The quantitative estimate of drug-likeness (QED) is 0.797. The second kappa shape index (κ2) is 5.92. The molecule has 96 valence electrons. The van der Waals surface area contributed by atoms with Crippen LogP contribution < -0.4 is 10.6 Å². The summed E-state index contributed by atoms with van der Waals surface area (Å²) in [6.07, 6.45) is 2.02. The highest BCUT2D eigenvalue weighted by molar-refractivity contribution is 7.98. The predicted molar refractivity (Wildman–Crippen MR) is 73.0 cm³/mol. The largest absolute Gasteiger partial charge is 0.350 e. The zero-order valence-corrected chi connectivity index (χ0v) is 12.4. The Balaban J connectivity index is 4.47. The maximum absolute atomic E-state index is 12.0. The van der Waals surface area contributed by atoms with Gasteiger partial charge >= 0.3 is 0 Å². The molecule has 0 aromatic rings. The monoisotopic (exact) mass is 246 g/mol. The van der Waals surface area contributed by atoms with E-state index in [0.717, 1.165) is 5.75 Å². The van der Waals surface area contributed by atoms with Crippen molar-refractivity contribution in [2.24, 2.45) is 0 Å². The minimum absolute atomic E-state index is 0.0460. The Hall–Kier alpha value is -0.220. The van der Waals surface area contributed by atoms with Gasteiger partial charge in [0.25, 0.3) is 0 Å². The van der Waals surface area contributed by atoms with Crippen molar-refractivity contribution in [2.75, 3.05) is 12.0 Å². The van der Waals surface area contributed by atoms with Crippen LogP contribution in [-0.4, -0.2) is 35.0 Å².